The maximum Gasteiger partial charge on any atom is 0.303 e. The van der Waals surface area contributed by atoms with Crippen LogP contribution in [0.5, 0.6) is 0 Å². The van der Waals surface area contributed by atoms with Crippen molar-refractivity contribution >= 4 is 50.6 Å². The molecule has 0 bridgehead atoms. The molecule has 1 rings (SSSR count). The Bertz CT molecular complexity index is 792. The van der Waals surface area contributed by atoms with Crippen molar-refractivity contribution < 1.29 is 41.7 Å². The van der Waals surface area contributed by atoms with Gasteiger partial charge >= 0.3 is 17.9 Å². The number of hydrogen-bond donors (Lipinski definition) is 0. The summed E-state index contributed by atoms with van der Waals surface area (Å²) in [5, 5.41) is 1.46. The van der Waals surface area contributed by atoms with Crippen molar-refractivity contribution in [2.24, 2.45) is 4.99 Å². The van der Waals surface area contributed by atoms with Gasteiger partial charge in [-0.1, -0.05) is 6.92 Å². The number of ether oxygens (including phenoxy) is 4. The molecule has 0 saturated carbocycles. The molecule has 0 spiro atoms. The molecule has 0 aromatic carbocycles. The van der Waals surface area contributed by atoms with Gasteiger partial charge in [0.25, 0.3) is 0 Å². The summed E-state index contributed by atoms with van der Waals surface area (Å²) in [5.41, 5.74) is -1.91. The van der Waals surface area contributed by atoms with E-state index in [1.165, 1.54) is 6.92 Å². The molecule has 0 aromatic rings. The van der Waals surface area contributed by atoms with Crippen LogP contribution < -0.4 is 0 Å². The second kappa shape index (κ2) is 9.70. The third-order valence-electron chi connectivity index (χ3n) is 3.71. The number of hydrogen-bond acceptors (Lipinski definition) is 11. The summed E-state index contributed by atoms with van der Waals surface area (Å²) in [6, 6.07) is -1.28. The van der Waals surface area contributed by atoms with Crippen LogP contribution in [0.1, 0.15) is 34.1 Å². The highest BCUT2D eigenvalue weighted by Gasteiger charge is 2.59. The van der Waals surface area contributed by atoms with Gasteiger partial charge in [-0.05, 0) is 18.6 Å². The van der Waals surface area contributed by atoms with E-state index < -0.39 is 63.7 Å². The van der Waals surface area contributed by atoms with Crippen molar-refractivity contribution in [3.8, 4) is 0 Å². The summed E-state index contributed by atoms with van der Waals surface area (Å²) in [6.07, 6.45) is -2.57. The number of rotatable bonds is 6. The summed E-state index contributed by atoms with van der Waals surface area (Å²) in [4.78, 5) is 38.3. The van der Waals surface area contributed by atoms with E-state index in [-0.39, 0.29) is 6.42 Å². The standard InChI is InChI=1S/C15H19NO9S2/c1-5-15(25-10(4)19)13(16-7-26)12(23-9(3)18)11(6-22-8(2)17)24-14(15)27(20)21/h11-13H,5-6H2,1-4H3/t11-,12-,13+,15-/m1/s1. The van der Waals surface area contributed by atoms with Crippen LogP contribution in [-0.2, 0) is 43.6 Å². The Morgan fingerprint density at radius 1 is 1.22 bits per heavy atom. The number of carbonyl (C=O) groups is 3. The maximum absolute atomic E-state index is 11.8. The molecule has 0 amide bonds. The quantitative estimate of drug-likeness (QED) is 0.251. The van der Waals surface area contributed by atoms with Crippen LogP contribution in [0.25, 0.3) is 0 Å². The minimum atomic E-state index is -2.96. The predicted octanol–water partition coefficient (Wildman–Crippen LogP) is 0.0723. The smallest absolute Gasteiger partial charge is 0.303 e. The monoisotopic (exact) mass is 421 g/mol. The van der Waals surface area contributed by atoms with Crippen LogP contribution in [0.15, 0.2) is 4.99 Å². The zero-order valence-corrected chi connectivity index (χ0v) is 16.7. The molecule has 0 radical (unpaired) electrons. The highest BCUT2D eigenvalue weighted by Crippen LogP contribution is 2.36. The van der Waals surface area contributed by atoms with E-state index in [1.807, 2.05) is 0 Å². The molecular formula is C15H19NO9S2. The first-order chi connectivity index (χ1) is 12.6. The molecule has 12 heteroatoms. The van der Waals surface area contributed by atoms with Gasteiger partial charge in [0.05, 0.1) is 5.16 Å². The number of isothiocyanates is 1. The van der Waals surface area contributed by atoms with Gasteiger partial charge in [-0.2, -0.15) is 8.42 Å². The number of thiocarbonyl (C=S) groups is 1. The largest absolute Gasteiger partial charge is 0.463 e. The molecule has 0 N–H and O–H groups in total. The Morgan fingerprint density at radius 2 is 1.85 bits per heavy atom. The Morgan fingerprint density at radius 3 is 2.26 bits per heavy atom. The lowest BCUT2D eigenvalue weighted by atomic mass is 9.83. The predicted molar refractivity (Wildman–Crippen MR) is 94.6 cm³/mol. The average molecular weight is 421 g/mol. The minimum Gasteiger partial charge on any atom is -0.463 e. The van der Waals surface area contributed by atoms with Gasteiger partial charge in [0.15, 0.2) is 11.7 Å². The number of nitrogens with zero attached hydrogens (tertiary/aromatic N) is 1. The van der Waals surface area contributed by atoms with Crippen LogP contribution in [-0.4, -0.2) is 67.0 Å². The Balaban J connectivity index is 3.64. The highest BCUT2D eigenvalue weighted by atomic mass is 32.2. The van der Waals surface area contributed by atoms with Gasteiger partial charge in [0.2, 0.25) is 15.3 Å². The van der Waals surface area contributed by atoms with Crippen LogP contribution in [0.2, 0.25) is 0 Å². The summed E-state index contributed by atoms with van der Waals surface area (Å²) < 4.78 is 44.5. The first kappa shape index (κ1) is 22.9. The fourth-order valence-corrected chi connectivity index (χ4v) is 3.66. The van der Waals surface area contributed by atoms with Gasteiger partial charge in [0, 0.05) is 20.8 Å². The molecule has 0 unspecified atom stereocenters. The van der Waals surface area contributed by atoms with Crippen LogP contribution in [0, 0.1) is 0 Å². The zero-order valence-electron chi connectivity index (χ0n) is 15.1. The van der Waals surface area contributed by atoms with Crippen molar-refractivity contribution in [2.75, 3.05) is 6.61 Å². The van der Waals surface area contributed by atoms with Crippen molar-refractivity contribution in [2.45, 2.75) is 58.0 Å². The molecule has 1 aliphatic rings. The Kier molecular flexibility index (Phi) is 8.22. The van der Waals surface area contributed by atoms with Crippen LogP contribution in [0.3, 0.4) is 0 Å². The third kappa shape index (κ3) is 5.42. The van der Waals surface area contributed by atoms with Gasteiger partial charge < -0.3 is 18.9 Å². The highest BCUT2D eigenvalue weighted by molar-refractivity contribution is 7.78. The van der Waals surface area contributed by atoms with E-state index in [0.29, 0.717) is 0 Å². The van der Waals surface area contributed by atoms with E-state index in [0.717, 1.165) is 20.8 Å². The SMILES string of the molecule is CC[C@]1(OC(C)=O)C(=S(=O)=O)O[C@H](COC(C)=O)[C@@H](OC(C)=O)[C@@H]1N=C=S. The summed E-state index contributed by atoms with van der Waals surface area (Å²) in [7, 11) is -2.96. The van der Waals surface area contributed by atoms with Gasteiger partial charge in [0.1, 0.15) is 18.8 Å². The molecule has 4 atom stereocenters. The Labute approximate surface area is 162 Å². The average Bonchev–Trinajstić information content (AvgIpc) is 2.55. The number of aliphatic imine (C=N–C) groups is 1. The lowest BCUT2D eigenvalue weighted by molar-refractivity contribution is -0.180. The van der Waals surface area contributed by atoms with Gasteiger partial charge in [-0.3, -0.25) is 14.4 Å². The van der Waals surface area contributed by atoms with Gasteiger partial charge in [-0.15, -0.1) is 0 Å². The summed E-state index contributed by atoms with van der Waals surface area (Å²) in [6.45, 7) is 4.43. The number of carbonyl (C=O) groups excluding carboxylic acids is 3. The fourth-order valence-electron chi connectivity index (χ4n) is 2.75. The number of esters is 3. The van der Waals surface area contributed by atoms with Gasteiger partial charge in [-0.25, -0.2) is 4.99 Å². The second-order valence-electron chi connectivity index (χ2n) is 5.56. The van der Waals surface area contributed by atoms with Crippen LogP contribution in [0.4, 0.5) is 0 Å². The topological polar surface area (TPSA) is 135 Å². The molecule has 0 aliphatic carbocycles. The Hall–Kier alpha value is -2.14. The molecule has 1 aliphatic heterocycles. The van der Waals surface area contributed by atoms with E-state index >= 15 is 0 Å². The van der Waals surface area contributed by atoms with E-state index in [1.54, 1.807) is 0 Å². The van der Waals surface area contributed by atoms with Crippen molar-refractivity contribution in [3.05, 3.63) is 0 Å². The first-order valence-corrected chi connectivity index (χ1v) is 9.27. The minimum absolute atomic E-state index is 0.0842. The molecule has 10 nitrogen and oxygen atoms in total. The van der Waals surface area contributed by atoms with E-state index in [9.17, 15) is 22.8 Å². The molecule has 1 heterocycles. The first-order valence-electron chi connectivity index (χ1n) is 7.79. The lowest BCUT2D eigenvalue weighted by Gasteiger charge is -2.45. The van der Waals surface area contributed by atoms with Crippen molar-refractivity contribution in [3.63, 3.8) is 0 Å². The summed E-state index contributed by atoms with van der Waals surface area (Å²) >= 11 is 4.63. The fraction of sp³-hybridized carbons (Fsp3) is 0.667. The van der Waals surface area contributed by atoms with Crippen molar-refractivity contribution in [1.82, 2.24) is 0 Å². The normalized spacial score (nSPS) is 27.1. The van der Waals surface area contributed by atoms with E-state index in [2.05, 4.69) is 22.4 Å². The summed E-state index contributed by atoms with van der Waals surface area (Å²) in [5.74, 6) is -2.21. The molecule has 1 fully saturated rings. The molecule has 1 saturated heterocycles. The molecule has 0 aromatic heterocycles. The van der Waals surface area contributed by atoms with Crippen molar-refractivity contribution in [1.29, 1.82) is 0 Å². The molecular weight excluding hydrogens is 402 g/mol. The molecule has 150 valence electrons. The third-order valence-corrected chi connectivity index (χ3v) is 4.56. The molecule has 27 heavy (non-hydrogen) atoms. The zero-order chi connectivity index (χ0) is 20.8. The van der Waals surface area contributed by atoms with E-state index in [4.69, 9.17) is 18.9 Å². The van der Waals surface area contributed by atoms with Crippen LogP contribution >= 0.6 is 12.2 Å². The maximum atomic E-state index is 11.8. The second-order valence-corrected chi connectivity index (χ2v) is 6.58. The lowest BCUT2D eigenvalue weighted by Crippen LogP contribution is -2.66.